The molecule has 11 bridgehead atoms. The molecule has 22 N–H and O–H groups in total. The number of benzene rings is 5. The number of fused-ring (bicyclic) bond motifs is 15. The summed E-state index contributed by atoms with van der Waals surface area (Å²) in [6.07, 6.45) is -22.4. The Morgan fingerprint density at radius 3 is 1.96 bits per heavy atom. The minimum Gasteiger partial charge on any atom is -0.507 e. The van der Waals surface area contributed by atoms with Gasteiger partial charge in [-0.05, 0) is 147 Å². The third-order valence-corrected chi connectivity index (χ3v) is 25.2. The zero-order valence-electron chi connectivity index (χ0n) is 72.9. The summed E-state index contributed by atoms with van der Waals surface area (Å²) in [5, 5.41) is 174. The second-order valence-electron chi connectivity index (χ2n) is 34.8. The molecule has 5 aromatic rings. The first-order valence-corrected chi connectivity index (χ1v) is 44.5. The number of unbranched alkanes of at least 4 members (excludes halogenated alkanes) is 7. The molecule has 22 atom stereocenters. The molecule has 6 aliphatic heterocycles. The monoisotopic (exact) mass is 1860 g/mol. The van der Waals surface area contributed by atoms with E-state index in [0.29, 0.717) is 12.8 Å². The summed E-state index contributed by atoms with van der Waals surface area (Å²) < 4.78 is 39.1. The van der Waals surface area contributed by atoms with Crippen molar-refractivity contribution in [2.75, 3.05) is 19.8 Å². The molecule has 1 aliphatic carbocycles. The SMILES string of the molecule is CCCCCCCCCC(=O)NC1(C)C[C@H](O[C@@H]2C(O)C(O)[C@@H](CO)O[C@H]2Oc2c3cc4cc2Oc2ccc(cc2Cl)[C@@H](O)[C@@H](NC(=O)[C@H](CC)CC(C)C)C(=O)C[C@@H](CC(N)=O)C(=O)N[C@H]4C(=O)C[C@@H]2C(=O)N[C@H](C(=O)N[C@H](OC=O)c4cc(O)c(CNCCCCC(=O)[C@H](O)[C@@H](O)[C@H](O)[C@H](O)CO)c(O)c4-c4cc2ccc4O)[C@H](O)c2ccc(c(Cl)c2)O3)C[C@@H](C)[C@H]1O. The number of carbonyl (C=O) groups is 10. The van der Waals surface area contributed by atoms with E-state index in [-0.39, 0.29) is 109 Å². The third-order valence-electron chi connectivity index (χ3n) is 24.6. The van der Waals surface area contributed by atoms with Crippen molar-refractivity contribution in [1.29, 1.82) is 0 Å². The average molecular weight is 1860 g/mol. The highest BCUT2D eigenvalue weighted by atomic mass is 35.5. The maximum Gasteiger partial charge on any atom is 0.295 e. The second-order valence-corrected chi connectivity index (χ2v) is 35.7. The number of nitrogens with two attached hydrogens (primary N) is 1. The van der Waals surface area contributed by atoms with Gasteiger partial charge in [-0.15, -0.1) is 0 Å². The summed E-state index contributed by atoms with van der Waals surface area (Å²) in [6, 6.07) is 7.06. The first kappa shape index (κ1) is 102. The number of hydrogen-bond acceptors (Lipinski definition) is 31. The molecule has 37 nitrogen and oxygen atoms in total. The molecule has 7 aliphatic rings. The van der Waals surface area contributed by atoms with E-state index in [2.05, 4.69) is 38.8 Å². The molecule has 130 heavy (non-hydrogen) atoms. The summed E-state index contributed by atoms with van der Waals surface area (Å²) in [6.45, 7) is 8.38. The van der Waals surface area contributed by atoms with E-state index in [9.17, 15) is 95.5 Å². The predicted molar refractivity (Wildman–Crippen MR) is 464 cm³/mol. The van der Waals surface area contributed by atoms with Gasteiger partial charge in [0, 0.05) is 61.3 Å². The number of carbonyl (C=O) groups excluding carboxylic acids is 10. The molecule has 0 radical (unpaired) electrons. The Morgan fingerprint density at radius 1 is 0.708 bits per heavy atom. The van der Waals surface area contributed by atoms with Gasteiger partial charge in [0.05, 0.1) is 58.4 Å². The number of aromatic hydroxyl groups is 3. The maximum absolute atomic E-state index is 16.6. The highest BCUT2D eigenvalue weighted by Crippen LogP contribution is 2.52. The van der Waals surface area contributed by atoms with Gasteiger partial charge in [0.15, 0.2) is 28.8 Å². The molecule has 6 amide bonds. The number of ether oxygens (including phenoxy) is 6. The summed E-state index contributed by atoms with van der Waals surface area (Å²) in [4.78, 5) is 146. The number of aliphatic hydroxyl groups is 11. The third kappa shape index (κ3) is 24.7. The van der Waals surface area contributed by atoms with Crippen molar-refractivity contribution in [1.82, 2.24) is 31.9 Å². The van der Waals surface area contributed by atoms with Crippen molar-refractivity contribution in [2.24, 2.45) is 29.4 Å². The quantitative estimate of drug-likeness (QED) is 0.0191. The van der Waals surface area contributed by atoms with Crippen LogP contribution in [0.4, 0.5) is 0 Å². The van der Waals surface area contributed by atoms with Crippen molar-refractivity contribution < 1.29 is 148 Å². The number of hydrogen-bond donors (Lipinski definition) is 21. The van der Waals surface area contributed by atoms with Crippen molar-refractivity contribution in [3.05, 3.63) is 116 Å². The normalized spacial score (nSPS) is 26.6. The van der Waals surface area contributed by atoms with E-state index < -0.39 is 281 Å². The van der Waals surface area contributed by atoms with Gasteiger partial charge in [0.2, 0.25) is 53.7 Å². The Balaban J connectivity index is 1.15. The molecule has 3 unspecified atom stereocenters. The number of Topliss-reactive ketones (excluding diaryl/α,β-unsaturated/α-hetero) is 3. The molecule has 12 rings (SSSR count). The fraction of sp³-hybridized carbons (Fsp3) is 0.560. The van der Waals surface area contributed by atoms with Gasteiger partial charge in [-0.3, -0.25) is 47.9 Å². The van der Waals surface area contributed by atoms with Crippen LogP contribution >= 0.6 is 23.2 Å². The van der Waals surface area contributed by atoms with E-state index in [1.54, 1.807) is 20.8 Å². The molecular weight excluding hydrogens is 1740 g/mol. The number of halogens is 2. The van der Waals surface area contributed by atoms with Crippen LogP contribution in [0.15, 0.2) is 72.8 Å². The lowest BCUT2D eigenvalue weighted by molar-refractivity contribution is -0.299. The largest absolute Gasteiger partial charge is 0.507 e. The minimum absolute atomic E-state index is 0.00853. The Bertz CT molecular complexity index is 4870. The van der Waals surface area contributed by atoms with E-state index in [1.165, 1.54) is 24.3 Å². The fourth-order valence-corrected chi connectivity index (χ4v) is 17.8. The number of nitrogens with one attached hydrogen (secondary N) is 6. The lowest BCUT2D eigenvalue weighted by Crippen LogP contribution is -2.64. The summed E-state index contributed by atoms with van der Waals surface area (Å²) in [5.74, 6) is -19.6. The molecule has 0 aromatic heterocycles. The van der Waals surface area contributed by atoms with Crippen molar-refractivity contribution in [3.63, 3.8) is 0 Å². The molecular formula is C91H119Cl2N7O30. The van der Waals surface area contributed by atoms with Crippen LogP contribution in [-0.4, -0.2) is 235 Å². The zero-order chi connectivity index (χ0) is 95.0. The van der Waals surface area contributed by atoms with Crippen LogP contribution in [0.5, 0.6) is 46.0 Å². The molecule has 1 saturated carbocycles. The van der Waals surface area contributed by atoms with Gasteiger partial charge >= 0.3 is 0 Å². The van der Waals surface area contributed by atoms with Crippen molar-refractivity contribution in [2.45, 2.75) is 279 Å². The summed E-state index contributed by atoms with van der Waals surface area (Å²) in [5.41, 5.74) is 1.68. The minimum atomic E-state index is -2.27. The molecule has 712 valence electrons. The predicted octanol–water partition coefficient (Wildman–Crippen LogP) is 4.79. The number of amides is 6. The number of phenolic OH excluding ortho intramolecular Hbond substituents is 3. The Kier molecular flexibility index (Phi) is 36.2. The first-order valence-electron chi connectivity index (χ1n) is 43.8. The van der Waals surface area contributed by atoms with Crippen molar-refractivity contribution in [3.8, 4) is 57.1 Å². The number of phenols is 3. The van der Waals surface area contributed by atoms with Crippen LogP contribution in [-0.2, 0) is 68.7 Å². The van der Waals surface area contributed by atoms with Gasteiger partial charge in [-0.25, -0.2) is 0 Å². The number of primary amides is 1. The second kappa shape index (κ2) is 46.0. The highest BCUT2D eigenvalue weighted by Gasteiger charge is 2.52. The van der Waals surface area contributed by atoms with Crippen LogP contribution in [0.1, 0.15) is 221 Å². The van der Waals surface area contributed by atoms with Gasteiger partial charge < -0.3 is 138 Å². The van der Waals surface area contributed by atoms with E-state index in [4.69, 9.17) is 57.4 Å². The Hall–Kier alpha value is -9.78. The fourth-order valence-electron chi connectivity index (χ4n) is 17.3. The molecule has 0 spiro atoms. The Labute approximate surface area is 760 Å². The van der Waals surface area contributed by atoms with E-state index in [1.807, 2.05) is 13.8 Å². The van der Waals surface area contributed by atoms with Crippen LogP contribution in [0.2, 0.25) is 10.0 Å². The van der Waals surface area contributed by atoms with Gasteiger partial charge in [-0.1, -0.05) is 115 Å². The van der Waals surface area contributed by atoms with Gasteiger partial charge in [0.25, 0.3) is 6.47 Å². The molecule has 39 heteroatoms. The lowest BCUT2D eigenvalue weighted by atomic mass is 9.73. The standard InChI is InChI=1S/C91H119Cl2N7O30/c1-7-9-10-11-12-13-14-18-69(111)100-91(6)37-50(27-43(5)84(91)120)126-83-81(119)79(117)67(40-102)129-90(83)130-82-65-32-48-33-66(82)128-64-24-21-47(30-56(64)93)75(113)73-88(124)99-89(125-41-103)53-36-59(106)54(38-95-25-16-15-17-58(105)77(115)80(118)78(116)62(109)39-101)76(114)70(53)52-28-45(19-22-57(52)104)51(87(123)98-73)35-61(108)71(48)96-86(122)49(34-68(94)110)31-60(107)72(97-85(121)44(8-2)26-42(3)4)74(112)46-20-23-63(127-65)55(92)29-46/h19-24,28-30,32-33,36,41-44,49-51,62,67,71-75,77-81,83-84,89-90,95,101-102,104,106,109,112-120H,7-18,25-27,31,34-35,37-40H2,1-6H3,(H2,94,110)(H,96,122)(H,97,121)(H,98,123)(H,99,124)(H,100,111)/t43-,44-,49+,50-,51+,62-,67-,71-,72+,73+,74-,75-,77+,78-,79?,80-,81?,83-,84-,89-,90+,91?/m1/s1. The number of rotatable bonds is 35. The maximum atomic E-state index is 16.6. The van der Waals surface area contributed by atoms with Gasteiger partial charge in [-0.2, -0.15) is 0 Å². The molecule has 5 aromatic carbocycles. The Morgan fingerprint density at radius 2 is 1.35 bits per heavy atom. The van der Waals surface area contributed by atoms with Crippen LogP contribution in [0.25, 0.3) is 11.1 Å². The number of ketones is 3. The molecule has 6 heterocycles. The van der Waals surface area contributed by atoms with Crippen LogP contribution < -0.4 is 51.8 Å². The molecule has 2 fully saturated rings. The summed E-state index contributed by atoms with van der Waals surface area (Å²) in [7, 11) is 0. The van der Waals surface area contributed by atoms with Crippen molar-refractivity contribution >= 4 is 82.5 Å². The van der Waals surface area contributed by atoms with E-state index >= 15 is 24.0 Å². The lowest BCUT2D eigenvalue weighted by Gasteiger charge is -2.48. The molecule has 1 saturated heterocycles. The average Bonchev–Trinajstić information content (AvgIpc) is 0.714. The zero-order valence-corrected chi connectivity index (χ0v) is 74.4. The topological polar surface area (TPSA) is 608 Å². The van der Waals surface area contributed by atoms with Crippen LogP contribution in [0, 0.1) is 23.7 Å². The van der Waals surface area contributed by atoms with Crippen LogP contribution in [0.3, 0.4) is 0 Å². The highest BCUT2D eigenvalue weighted by molar-refractivity contribution is 6.32. The summed E-state index contributed by atoms with van der Waals surface area (Å²) >= 11 is 14.5. The number of aliphatic hydroxyl groups excluding tert-OH is 11. The van der Waals surface area contributed by atoms with E-state index in [0.717, 1.165) is 87.1 Å². The van der Waals surface area contributed by atoms with Gasteiger partial charge in [0.1, 0.15) is 108 Å². The first-order chi connectivity index (χ1) is 61.7. The smallest absolute Gasteiger partial charge is 0.295 e.